The van der Waals surface area contributed by atoms with Gasteiger partial charge >= 0.3 is 5.97 Å². The van der Waals surface area contributed by atoms with Gasteiger partial charge in [-0.3, -0.25) is 14.4 Å². The molecule has 3 aliphatic carbocycles. The molecule has 3 atom stereocenters. The Kier molecular flexibility index (Phi) is 7.09. The number of benzene rings is 1. The van der Waals surface area contributed by atoms with E-state index in [1.165, 1.54) is 12.1 Å². The number of halogens is 2. The lowest BCUT2D eigenvalue weighted by Gasteiger charge is -2.40. The van der Waals surface area contributed by atoms with E-state index in [0.29, 0.717) is 38.3 Å². The first-order valence-corrected chi connectivity index (χ1v) is 11.8. The Morgan fingerprint density at radius 3 is 2.79 bits per heavy atom. The lowest BCUT2D eigenvalue weighted by molar-refractivity contribution is -0.149. The Morgan fingerprint density at radius 1 is 1.27 bits per heavy atom. The fourth-order valence-corrected chi connectivity index (χ4v) is 5.33. The van der Waals surface area contributed by atoms with Crippen molar-refractivity contribution in [2.24, 2.45) is 11.8 Å². The number of rotatable bonds is 8. The maximum Gasteiger partial charge on any atom is 0.309 e. The minimum absolute atomic E-state index is 0.00952. The second-order valence-corrected chi connectivity index (χ2v) is 9.57. The summed E-state index contributed by atoms with van der Waals surface area (Å²) in [6, 6.07) is 3.54. The topological polar surface area (TPSA) is 106 Å². The average molecular weight is 482 g/mol. The van der Waals surface area contributed by atoms with Crippen molar-refractivity contribution in [2.45, 2.75) is 56.7 Å². The maximum absolute atomic E-state index is 13.5. The van der Waals surface area contributed by atoms with Crippen molar-refractivity contribution in [3.63, 3.8) is 0 Å². The molecule has 4 fully saturated rings. The van der Waals surface area contributed by atoms with E-state index in [2.05, 4.69) is 16.0 Å². The largest absolute Gasteiger partial charge is 0.484 e. The molecule has 0 spiro atoms. The number of carbonyl (C=O) groups excluding carboxylic acids is 3. The van der Waals surface area contributed by atoms with Crippen LogP contribution in [0.4, 0.5) is 4.39 Å². The fourth-order valence-electron chi connectivity index (χ4n) is 5.21. The van der Waals surface area contributed by atoms with Crippen molar-refractivity contribution in [3.8, 4) is 5.75 Å². The molecule has 180 valence electrons. The Morgan fingerprint density at radius 2 is 2.06 bits per heavy atom. The summed E-state index contributed by atoms with van der Waals surface area (Å²) in [7, 11) is 0. The van der Waals surface area contributed by atoms with Crippen LogP contribution >= 0.6 is 11.6 Å². The van der Waals surface area contributed by atoms with Crippen LogP contribution < -0.4 is 20.7 Å². The van der Waals surface area contributed by atoms with Gasteiger partial charge in [-0.2, -0.15) is 0 Å². The number of amides is 2. The molecule has 33 heavy (non-hydrogen) atoms. The van der Waals surface area contributed by atoms with E-state index in [9.17, 15) is 18.8 Å². The molecule has 1 heterocycles. The van der Waals surface area contributed by atoms with E-state index < -0.39 is 11.9 Å². The minimum atomic E-state index is -0.607. The summed E-state index contributed by atoms with van der Waals surface area (Å²) in [5, 5.41) is 9.32. The molecular formula is C23H29ClFN3O5. The molecule has 2 unspecified atom stereocenters. The van der Waals surface area contributed by atoms with Crippen molar-refractivity contribution >= 4 is 29.4 Å². The van der Waals surface area contributed by atoms with Gasteiger partial charge < -0.3 is 25.4 Å². The Bertz CT molecular complexity index is 923. The predicted molar refractivity (Wildman–Crippen MR) is 118 cm³/mol. The molecule has 2 amide bonds. The summed E-state index contributed by atoms with van der Waals surface area (Å²) >= 11 is 5.65. The van der Waals surface area contributed by atoms with Gasteiger partial charge in [0.2, 0.25) is 5.91 Å². The van der Waals surface area contributed by atoms with E-state index in [0.717, 1.165) is 18.9 Å². The van der Waals surface area contributed by atoms with Crippen LogP contribution in [0.2, 0.25) is 5.02 Å². The van der Waals surface area contributed by atoms with Crippen LogP contribution in [0.15, 0.2) is 18.2 Å². The molecule has 1 aliphatic heterocycles. The highest BCUT2D eigenvalue weighted by molar-refractivity contribution is 6.30. The summed E-state index contributed by atoms with van der Waals surface area (Å²) in [4.78, 5) is 37.2. The van der Waals surface area contributed by atoms with E-state index in [1.807, 2.05) is 0 Å². The number of ether oxygens (including phenoxy) is 2. The van der Waals surface area contributed by atoms with Gasteiger partial charge in [-0.25, -0.2) is 4.39 Å². The second-order valence-electron chi connectivity index (χ2n) is 9.16. The van der Waals surface area contributed by atoms with Crippen molar-refractivity contribution in [1.29, 1.82) is 0 Å². The third-order valence-electron chi connectivity index (χ3n) is 6.82. The lowest BCUT2D eigenvalue weighted by atomic mass is 9.76. The summed E-state index contributed by atoms with van der Waals surface area (Å²) in [6.45, 7) is 2.46. The third kappa shape index (κ3) is 5.41. The molecule has 1 saturated heterocycles. The first-order chi connectivity index (χ1) is 15.8. The third-order valence-corrected chi connectivity index (χ3v) is 7.13. The highest BCUT2D eigenvalue weighted by Gasteiger charge is 2.57. The first-order valence-electron chi connectivity index (χ1n) is 11.4. The highest BCUT2D eigenvalue weighted by atomic mass is 35.5. The van der Waals surface area contributed by atoms with Crippen LogP contribution in [0.3, 0.4) is 0 Å². The number of hydrogen-bond acceptors (Lipinski definition) is 6. The Balaban J connectivity index is 1.23. The van der Waals surface area contributed by atoms with Crippen LogP contribution in [0.5, 0.6) is 5.75 Å². The van der Waals surface area contributed by atoms with Gasteiger partial charge in [0.1, 0.15) is 11.6 Å². The average Bonchev–Trinajstić information content (AvgIpc) is 3.28. The van der Waals surface area contributed by atoms with Gasteiger partial charge in [-0.1, -0.05) is 11.6 Å². The molecule has 5 rings (SSSR count). The molecule has 3 N–H and O–H groups in total. The molecular weight excluding hydrogens is 453 g/mol. The fraction of sp³-hybridized carbons (Fsp3) is 0.609. The summed E-state index contributed by atoms with van der Waals surface area (Å²) < 4.78 is 23.9. The highest BCUT2D eigenvalue weighted by Crippen LogP contribution is 2.52. The van der Waals surface area contributed by atoms with Crippen molar-refractivity contribution in [3.05, 3.63) is 29.0 Å². The minimum Gasteiger partial charge on any atom is -0.484 e. The zero-order valence-electron chi connectivity index (χ0n) is 18.5. The van der Waals surface area contributed by atoms with Crippen LogP contribution in [0, 0.1) is 17.7 Å². The summed E-state index contributed by atoms with van der Waals surface area (Å²) in [5.74, 6) is -0.992. The molecule has 0 aromatic heterocycles. The summed E-state index contributed by atoms with van der Waals surface area (Å²) in [5.41, 5.74) is -0.321. The van der Waals surface area contributed by atoms with E-state index in [1.54, 1.807) is 6.92 Å². The smallest absolute Gasteiger partial charge is 0.309 e. The normalized spacial score (nSPS) is 30.2. The monoisotopic (exact) mass is 481 g/mol. The van der Waals surface area contributed by atoms with Crippen LogP contribution in [0.1, 0.15) is 39.0 Å². The molecule has 3 saturated carbocycles. The molecule has 1 aromatic carbocycles. The number of carbonyl (C=O) groups is 3. The standard InChI is InChI=1S/C23H29ClFN3O5/c1-2-32-22(31)13-5-6-26-18(7-13)21(30)28-23-9-14(10-23)19(11-23)27-20(29)12-33-15-3-4-16(24)17(25)8-15/h3-4,8,13-14,18-19,26H,2,5-7,9-12H2,1H3,(H,27,29)(H,28,30)/t13?,14?,18?,19-,23?/m0/s1. The van der Waals surface area contributed by atoms with Crippen LogP contribution in [-0.2, 0) is 19.1 Å². The number of nitrogens with one attached hydrogen (secondary N) is 3. The Hall–Kier alpha value is -2.39. The van der Waals surface area contributed by atoms with Gasteiger partial charge in [0.05, 0.1) is 23.6 Å². The predicted octanol–water partition coefficient (Wildman–Crippen LogP) is 1.94. The molecule has 0 radical (unpaired) electrons. The number of fused-ring (bicyclic) bond motifs is 1. The maximum atomic E-state index is 13.5. The van der Waals surface area contributed by atoms with Gasteiger partial charge in [0, 0.05) is 17.6 Å². The number of piperidine rings is 1. The molecule has 1 aromatic rings. The van der Waals surface area contributed by atoms with Gasteiger partial charge in [-0.15, -0.1) is 0 Å². The zero-order valence-corrected chi connectivity index (χ0v) is 19.3. The number of esters is 1. The van der Waals surface area contributed by atoms with Gasteiger partial charge in [-0.05, 0) is 63.6 Å². The molecule has 10 heteroatoms. The van der Waals surface area contributed by atoms with Crippen LogP contribution in [0.25, 0.3) is 0 Å². The molecule has 2 bridgehead atoms. The lowest BCUT2D eigenvalue weighted by Crippen LogP contribution is -2.58. The Labute approximate surface area is 196 Å². The van der Waals surface area contributed by atoms with Crippen molar-refractivity contribution in [1.82, 2.24) is 16.0 Å². The van der Waals surface area contributed by atoms with E-state index in [-0.39, 0.29) is 52.7 Å². The quantitative estimate of drug-likeness (QED) is 0.490. The van der Waals surface area contributed by atoms with Gasteiger partial charge in [0.15, 0.2) is 6.61 Å². The number of hydrogen-bond donors (Lipinski definition) is 3. The summed E-state index contributed by atoms with van der Waals surface area (Å²) in [6.07, 6.45) is 3.35. The first kappa shape index (κ1) is 23.8. The van der Waals surface area contributed by atoms with E-state index in [4.69, 9.17) is 21.1 Å². The van der Waals surface area contributed by atoms with Crippen molar-refractivity contribution in [2.75, 3.05) is 19.8 Å². The van der Waals surface area contributed by atoms with E-state index >= 15 is 0 Å². The molecule has 8 nitrogen and oxygen atoms in total. The SMILES string of the molecule is CCOC(=O)C1CCNC(C(=O)NC23CC(C2)[C@@H](NC(=O)COc2ccc(Cl)c(F)c2)C3)C1. The molecule has 4 aliphatic rings. The second kappa shape index (κ2) is 9.85. The van der Waals surface area contributed by atoms with Gasteiger partial charge in [0.25, 0.3) is 5.91 Å². The van der Waals surface area contributed by atoms with Crippen LogP contribution in [-0.4, -0.2) is 55.2 Å². The van der Waals surface area contributed by atoms with Crippen molar-refractivity contribution < 1.29 is 28.2 Å². The zero-order chi connectivity index (χ0) is 23.6.